The number of rotatable bonds is 5. The third-order valence-corrected chi connectivity index (χ3v) is 5.29. The highest BCUT2D eigenvalue weighted by atomic mass is 16.5. The lowest BCUT2D eigenvalue weighted by atomic mass is 9.71. The van der Waals surface area contributed by atoms with Gasteiger partial charge >= 0.3 is 0 Å². The largest absolute Gasteiger partial charge is 0.496 e. The summed E-state index contributed by atoms with van der Waals surface area (Å²) in [5.74, 6) is 3.32. The van der Waals surface area contributed by atoms with Crippen LogP contribution in [0.2, 0.25) is 0 Å². The molecule has 0 spiro atoms. The summed E-state index contributed by atoms with van der Waals surface area (Å²) in [6.45, 7) is 5.77. The Bertz CT molecular complexity index is 480. The van der Waals surface area contributed by atoms with E-state index < -0.39 is 0 Å². The lowest BCUT2D eigenvalue weighted by molar-refractivity contribution is 0.237. The summed E-state index contributed by atoms with van der Waals surface area (Å²) in [6.07, 6.45) is 6.78. The lowest BCUT2D eigenvalue weighted by Crippen LogP contribution is -2.32. The molecule has 3 unspecified atom stereocenters. The van der Waals surface area contributed by atoms with Gasteiger partial charge in [0.2, 0.25) is 0 Å². The molecule has 2 heteroatoms. The van der Waals surface area contributed by atoms with E-state index in [-0.39, 0.29) is 0 Å². The third-order valence-electron chi connectivity index (χ3n) is 5.29. The van der Waals surface area contributed by atoms with Crippen molar-refractivity contribution in [3.8, 4) is 5.75 Å². The molecule has 3 rings (SSSR count). The number of hydrogen-bond donors (Lipinski definition) is 1. The zero-order valence-electron chi connectivity index (χ0n) is 13.7. The zero-order chi connectivity index (χ0) is 14.8. The van der Waals surface area contributed by atoms with Gasteiger partial charge < -0.3 is 10.1 Å². The highest BCUT2D eigenvalue weighted by Gasteiger charge is 2.33. The Morgan fingerprint density at radius 2 is 2.00 bits per heavy atom. The second kappa shape index (κ2) is 6.39. The van der Waals surface area contributed by atoms with E-state index in [0.717, 1.165) is 23.6 Å². The van der Waals surface area contributed by atoms with Crippen LogP contribution in [0.25, 0.3) is 0 Å². The predicted octanol–water partition coefficient (Wildman–Crippen LogP) is 4.28. The van der Waals surface area contributed by atoms with Gasteiger partial charge in [-0.3, -0.25) is 0 Å². The van der Waals surface area contributed by atoms with E-state index in [1.165, 1.54) is 49.8 Å². The van der Waals surface area contributed by atoms with Crippen molar-refractivity contribution in [3.05, 3.63) is 29.3 Å². The standard InChI is InChI=1S/C19H29NO/c1-13-4-6-15(12-20-16-7-8-16)17(10-13)18-11-14(2)5-9-19(18)21-3/h5,9,11,13,15-17,20H,4,6-8,10,12H2,1-3H3. The number of nitrogens with one attached hydrogen (secondary N) is 1. The molecule has 116 valence electrons. The van der Waals surface area contributed by atoms with Gasteiger partial charge in [0.05, 0.1) is 7.11 Å². The summed E-state index contributed by atoms with van der Waals surface area (Å²) in [4.78, 5) is 0. The molecule has 0 radical (unpaired) electrons. The second-order valence-corrected chi connectivity index (χ2v) is 7.21. The first-order valence-electron chi connectivity index (χ1n) is 8.55. The van der Waals surface area contributed by atoms with Gasteiger partial charge in [0, 0.05) is 6.04 Å². The van der Waals surface area contributed by atoms with Gasteiger partial charge in [-0.25, -0.2) is 0 Å². The number of methoxy groups -OCH3 is 1. The average molecular weight is 287 g/mol. The minimum absolute atomic E-state index is 0.648. The molecule has 1 N–H and O–H groups in total. The molecule has 2 nitrogen and oxygen atoms in total. The van der Waals surface area contributed by atoms with Crippen molar-refractivity contribution in [1.82, 2.24) is 5.32 Å². The highest BCUT2D eigenvalue weighted by molar-refractivity contribution is 5.40. The SMILES string of the molecule is COc1ccc(C)cc1C1CC(C)CCC1CNC1CC1. The van der Waals surface area contributed by atoms with E-state index in [2.05, 4.69) is 37.4 Å². The molecule has 0 saturated heterocycles. The maximum absolute atomic E-state index is 5.65. The van der Waals surface area contributed by atoms with Gasteiger partial charge in [0.1, 0.15) is 5.75 Å². The molecule has 0 bridgehead atoms. The van der Waals surface area contributed by atoms with Crippen LogP contribution in [0, 0.1) is 18.8 Å². The third kappa shape index (κ3) is 3.60. The van der Waals surface area contributed by atoms with Crippen LogP contribution in [0.4, 0.5) is 0 Å². The van der Waals surface area contributed by atoms with Crippen LogP contribution in [-0.4, -0.2) is 19.7 Å². The monoisotopic (exact) mass is 287 g/mol. The van der Waals surface area contributed by atoms with Crippen LogP contribution in [0.5, 0.6) is 5.75 Å². The summed E-state index contributed by atoms with van der Waals surface area (Å²) in [7, 11) is 1.80. The van der Waals surface area contributed by atoms with Crippen LogP contribution in [0.1, 0.15) is 56.1 Å². The van der Waals surface area contributed by atoms with Gasteiger partial charge in [0.15, 0.2) is 0 Å². The van der Waals surface area contributed by atoms with Crippen molar-refractivity contribution in [2.75, 3.05) is 13.7 Å². The molecule has 2 fully saturated rings. The van der Waals surface area contributed by atoms with E-state index in [0.29, 0.717) is 5.92 Å². The average Bonchev–Trinajstić information content (AvgIpc) is 3.30. The summed E-state index contributed by atoms with van der Waals surface area (Å²) < 4.78 is 5.65. The summed E-state index contributed by atoms with van der Waals surface area (Å²) in [5, 5.41) is 3.75. The number of benzene rings is 1. The highest BCUT2D eigenvalue weighted by Crippen LogP contribution is 2.43. The van der Waals surface area contributed by atoms with Gasteiger partial charge in [-0.1, -0.05) is 31.0 Å². The quantitative estimate of drug-likeness (QED) is 0.873. The Morgan fingerprint density at radius 1 is 1.19 bits per heavy atom. The first-order chi connectivity index (χ1) is 10.2. The molecule has 0 heterocycles. The van der Waals surface area contributed by atoms with Crippen LogP contribution in [0.3, 0.4) is 0 Å². The second-order valence-electron chi connectivity index (χ2n) is 7.21. The van der Waals surface area contributed by atoms with E-state index >= 15 is 0 Å². The summed E-state index contributed by atoms with van der Waals surface area (Å²) in [6, 6.07) is 7.47. The molecule has 1 aromatic rings. The lowest BCUT2D eigenvalue weighted by Gasteiger charge is -2.36. The van der Waals surface area contributed by atoms with Crippen LogP contribution in [0.15, 0.2) is 18.2 Å². The molecule has 0 aromatic heterocycles. The smallest absolute Gasteiger partial charge is 0.122 e. The fraction of sp³-hybridized carbons (Fsp3) is 0.684. The number of ether oxygens (including phenoxy) is 1. The van der Waals surface area contributed by atoms with E-state index in [4.69, 9.17) is 4.74 Å². The Morgan fingerprint density at radius 3 is 2.71 bits per heavy atom. The normalized spacial score (nSPS) is 29.4. The van der Waals surface area contributed by atoms with Crippen LogP contribution < -0.4 is 10.1 Å². The Kier molecular flexibility index (Phi) is 4.54. The fourth-order valence-electron chi connectivity index (χ4n) is 3.82. The Hall–Kier alpha value is -1.02. The first kappa shape index (κ1) is 14.9. The first-order valence-corrected chi connectivity index (χ1v) is 8.55. The maximum atomic E-state index is 5.65. The van der Waals surface area contributed by atoms with Crippen LogP contribution >= 0.6 is 0 Å². The van der Waals surface area contributed by atoms with Gasteiger partial charge in [-0.15, -0.1) is 0 Å². The number of hydrogen-bond acceptors (Lipinski definition) is 2. The van der Waals surface area contributed by atoms with Crippen molar-refractivity contribution in [2.45, 2.75) is 57.9 Å². The Balaban J connectivity index is 1.81. The van der Waals surface area contributed by atoms with E-state index in [1.54, 1.807) is 7.11 Å². The molecule has 0 amide bonds. The summed E-state index contributed by atoms with van der Waals surface area (Å²) in [5.41, 5.74) is 2.78. The summed E-state index contributed by atoms with van der Waals surface area (Å²) >= 11 is 0. The van der Waals surface area contributed by atoms with Gasteiger partial charge in [-0.2, -0.15) is 0 Å². The maximum Gasteiger partial charge on any atom is 0.122 e. The minimum atomic E-state index is 0.648. The zero-order valence-corrected chi connectivity index (χ0v) is 13.7. The molecule has 2 saturated carbocycles. The van der Waals surface area contributed by atoms with Crippen molar-refractivity contribution in [2.24, 2.45) is 11.8 Å². The molecule has 21 heavy (non-hydrogen) atoms. The van der Waals surface area contributed by atoms with Crippen molar-refractivity contribution in [3.63, 3.8) is 0 Å². The Labute approximate surface area is 129 Å². The molecular weight excluding hydrogens is 258 g/mol. The van der Waals surface area contributed by atoms with Gasteiger partial charge in [-0.05, 0) is 68.5 Å². The van der Waals surface area contributed by atoms with E-state index in [1.807, 2.05) is 0 Å². The van der Waals surface area contributed by atoms with Gasteiger partial charge in [0.25, 0.3) is 0 Å². The molecule has 2 aliphatic rings. The topological polar surface area (TPSA) is 21.3 Å². The van der Waals surface area contributed by atoms with Crippen molar-refractivity contribution < 1.29 is 4.74 Å². The number of aryl methyl sites for hydroxylation is 1. The van der Waals surface area contributed by atoms with Crippen LogP contribution in [-0.2, 0) is 0 Å². The molecule has 1 aromatic carbocycles. The fourth-order valence-corrected chi connectivity index (χ4v) is 3.82. The molecule has 3 atom stereocenters. The molecular formula is C19H29NO. The van der Waals surface area contributed by atoms with E-state index in [9.17, 15) is 0 Å². The molecule has 0 aliphatic heterocycles. The predicted molar refractivity (Wildman–Crippen MR) is 88.0 cm³/mol. The molecule has 2 aliphatic carbocycles. The minimum Gasteiger partial charge on any atom is -0.496 e. The van der Waals surface area contributed by atoms with Crippen molar-refractivity contribution in [1.29, 1.82) is 0 Å². The van der Waals surface area contributed by atoms with Crippen molar-refractivity contribution >= 4 is 0 Å².